The molecule has 1 aromatic rings. The van der Waals surface area contributed by atoms with Gasteiger partial charge < -0.3 is 5.21 Å². The highest BCUT2D eigenvalue weighted by molar-refractivity contribution is 9.10. The molecule has 0 aliphatic heterocycles. The number of hydroxylamine groups is 2. The Labute approximate surface area is 91.4 Å². The summed E-state index contributed by atoms with van der Waals surface area (Å²) in [5, 5.41) is 10.1. The lowest BCUT2D eigenvalue weighted by molar-refractivity contribution is -0.0733. The molecule has 0 bridgehead atoms. The van der Waals surface area contributed by atoms with E-state index >= 15 is 0 Å². The maximum Gasteiger partial charge on any atom is 0.140 e. The summed E-state index contributed by atoms with van der Waals surface area (Å²) in [5.74, 6) is -0.248. The monoisotopic (exact) mass is 261 g/mol. The molecule has 0 fully saturated rings. The lowest BCUT2D eigenvalue weighted by Crippen LogP contribution is -2.13. The van der Waals surface area contributed by atoms with Gasteiger partial charge in [0.05, 0.1) is 4.47 Å². The van der Waals surface area contributed by atoms with Gasteiger partial charge in [-0.3, -0.25) is 0 Å². The third-order valence-corrected chi connectivity index (χ3v) is 3.11. The van der Waals surface area contributed by atoms with Gasteiger partial charge in [-0.15, -0.1) is 0 Å². The van der Waals surface area contributed by atoms with Crippen molar-refractivity contribution in [2.45, 2.75) is 20.4 Å². The SMILES string of the molecule is Cc1cc(CN(C)O)c(C)c(F)c1Br. The summed E-state index contributed by atoms with van der Waals surface area (Å²) in [6.45, 7) is 3.86. The molecule has 0 radical (unpaired) electrons. The van der Waals surface area contributed by atoms with Crippen LogP contribution in [0.25, 0.3) is 0 Å². The minimum atomic E-state index is -0.248. The van der Waals surface area contributed by atoms with Gasteiger partial charge in [0.15, 0.2) is 0 Å². The first-order valence-corrected chi connectivity index (χ1v) is 5.07. The molecule has 1 rings (SSSR count). The lowest BCUT2D eigenvalue weighted by atomic mass is 10.0. The molecule has 0 aliphatic carbocycles. The van der Waals surface area contributed by atoms with Gasteiger partial charge in [0.2, 0.25) is 0 Å². The van der Waals surface area contributed by atoms with Gasteiger partial charge in [0, 0.05) is 13.6 Å². The van der Waals surface area contributed by atoms with E-state index in [9.17, 15) is 4.39 Å². The topological polar surface area (TPSA) is 23.5 Å². The molecule has 1 N–H and O–H groups in total. The van der Waals surface area contributed by atoms with Crippen molar-refractivity contribution < 1.29 is 9.60 Å². The Kier molecular flexibility index (Phi) is 3.64. The maximum absolute atomic E-state index is 13.6. The zero-order valence-electron chi connectivity index (χ0n) is 8.43. The fourth-order valence-corrected chi connectivity index (χ4v) is 1.73. The number of aryl methyl sites for hydroxylation is 1. The van der Waals surface area contributed by atoms with Gasteiger partial charge in [0.1, 0.15) is 5.82 Å². The van der Waals surface area contributed by atoms with Crippen molar-refractivity contribution in [2.24, 2.45) is 0 Å². The first kappa shape index (κ1) is 11.6. The highest BCUT2D eigenvalue weighted by Crippen LogP contribution is 2.26. The largest absolute Gasteiger partial charge is 0.314 e. The fraction of sp³-hybridized carbons (Fsp3) is 0.400. The third kappa shape index (κ3) is 2.32. The van der Waals surface area contributed by atoms with Gasteiger partial charge >= 0.3 is 0 Å². The van der Waals surface area contributed by atoms with E-state index in [2.05, 4.69) is 15.9 Å². The molecule has 4 heteroatoms. The molecule has 0 aliphatic rings. The zero-order valence-corrected chi connectivity index (χ0v) is 10.0. The Hall–Kier alpha value is -0.450. The lowest BCUT2D eigenvalue weighted by Gasteiger charge is -2.13. The van der Waals surface area contributed by atoms with Gasteiger partial charge in [-0.25, -0.2) is 4.39 Å². The van der Waals surface area contributed by atoms with Crippen LogP contribution in [0.5, 0.6) is 0 Å². The Morgan fingerprint density at radius 3 is 2.57 bits per heavy atom. The van der Waals surface area contributed by atoms with E-state index in [1.807, 2.05) is 13.0 Å². The van der Waals surface area contributed by atoms with Crippen molar-refractivity contribution in [3.05, 3.63) is 33.0 Å². The van der Waals surface area contributed by atoms with E-state index in [4.69, 9.17) is 5.21 Å². The van der Waals surface area contributed by atoms with Crippen molar-refractivity contribution >= 4 is 15.9 Å². The zero-order chi connectivity index (χ0) is 10.9. The van der Waals surface area contributed by atoms with E-state index < -0.39 is 0 Å². The van der Waals surface area contributed by atoms with Crippen LogP contribution in [0.15, 0.2) is 10.5 Å². The molecule has 14 heavy (non-hydrogen) atoms. The maximum atomic E-state index is 13.6. The van der Waals surface area contributed by atoms with Crippen LogP contribution in [0.3, 0.4) is 0 Å². The Balaban J connectivity index is 3.19. The second-order valence-corrected chi connectivity index (χ2v) is 4.21. The summed E-state index contributed by atoms with van der Waals surface area (Å²) in [5.41, 5.74) is 2.21. The summed E-state index contributed by atoms with van der Waals surface area (Å²) < 4.78 is 14.1. The molecule has 78 valence electrons. The third-order valence-electron chi connectivity index (χ3n) is 2.14. The van der Waals surface area contributed by atoms with Crippen molar-refractivity contribution in [2.75, 3.05) is 7.05 Å². The molecule has 0 spiro atoms. The second kappa shape index (κ2) is 4.38. The Morgan fingerprint density at radius 2 is 2.07 bits per heavy atom. The number of hydrogen-bond donors (Lipinski definition) is 1. The number of halogens is 2. The minimum absolute atomic E-state index is 0.248. The van der Waals surface area contributed by atoms with Crippen molar-refractivity contribution in [3.8, 4) is 0 Å². The van der Waals surface area contributed by atoms with E-state index in [1.165, 1.54) is 7.05 Å². The standard InChI is InChI=1S/C10H13BrFNO/c1-6-4-8(5-13(3)14)7(2)10(12)9(6)11/h4,14H,5H2,1-3H3. The van der Waals surface area contributed by atoms with Gasteiger partial charge in [-0.1, -0.05) is 6.07 Å². The van der Waals surface area contributed by atoms with E-state index in [-0.39, 0.29) is 5.82 Å². The molecule has 0 heterocycles. The molecule has 0 unspecified atom stereocenters. The molecule has 0 saturated heterocycles. The molecule has 0 saturated carbocycles. The summed E-state index contributed by atoms with van der Waals surface area (Å²) in [7, 11) is 1.54. The van der Waals surface area contributed by atoms with Gasteiger partial charge in [0.25, 0.3) is 0 Å². The molecule has 0 atom stereocenters. The van der Waals surface area contributed by atoms with Crippen molar-refractivity contribution in [3.63, 3.8) is 0 Å². The predicted molar refractivity (Wildman–Crippen MR) is 56.8 cm³/mol. The van der Waals surface area contributed by atoms with Crippen molar-refractivity contribution in [1.29, 1.82) is 0 Å². The van der Waals surface area contributed by atoms with Crippen LogP contribution < -0.4 is 0 Å². The van der Waals surface area contributed by atoms with Crippen LogP contribution in [-0.4, -0.2) is 17.3 Å². The highest BCUT2D eigenvalue weighted by Gasteiger charge is 2.11. The van der Waals surface area contributed by atoms with E-state index in [1.54, 1.807) is 6.92 Å². The Bertz CT molecular complexity index is 352. The second-order valence-electron chi connectivity index (χ2n) is 3.42. The molecule has 0 amide bonds. The predicted octanol–water partition coefficient (Wildman–Crippen LogP) is 3.03. The molecular weight excluding hydrogens is 249 g/mol. The smallest absolute Gasteiger partial charge is 0.140 e. The van der Waals surface area contributed by atoms with Gasteiger partial charge in [-0.2, -0.15) is 5.06 Å². The summed E-state index contributed by atoms with van der Waals surface area (Å²) in [4.78, 5) is 0. The number of rotatable bonds is 2. The van der Waals surface area contributed by atoms with E-state index in [0.717, 1.165) is 16.2 Å². The van der Waals surface area contributed by atoms with Crippen LogP contribution in [0.1, 0.15) is 16.7 Å². The summed E-state index contributed by atoms with van der Waals surface area (Å²) in [6.07, 6.45) is 0. The van der Waals surface area contributed by atoms with Crippen LogP contribution in [0, 0.1) is 19.7 Å². The minimum Gasteiger partial charge on any atom is -0.314 e. The molecule has 1 aromatic carbocycles. The summed E-state index contributed by atoms with van der Waals surface area (Å²) in [6, 6.07) is 1.87. The van der Waals surface area contributed by atoms with Gasteiger partial charge in [-0.05, 0) is 46.5 Å². The number of hydrogen-bond acceptors (Lipinski definition) is 2. The molecular formula is C10H13BrFNO. The highest BCUT2D eigenvalue weighted by atomic mass is 79.9. The van der Waals surface area contributed by atoms with Crippen LogP contribution >= 0.6 is 15.9 Å². The normalized spacial score (nSPS) is 11.1. The average molecular weight is 262 g/mol. The average Bonchev–Trinajstić information content (AvgIpc) is 2.10. The first-order valence-electron chi connectivity index (χ1n) is 4.27. The van der Waals surface area contributed by atoms with Crippen LogP contribution in [-0.2, 0) is 6.54 Å². The van der Waals surface area contributed by atoms with Crippen molar-refractivity contribution in [1.82, 2.24) is 5.06 Å². The first-order chi connectivity index (χ1) is 6.43. The van der Waals surface area contributed by atoms with Crippen LogP contribution in [0.4, 0.5) is 4.39 Å². The number of benzene rings is 1. The quantitative estimate of drug-likeness (QED) is 0.828. The fourth-order valence-electron chi connectivity index (χ4n) is 1.32. The summed E-state index contributed by atoms with van der Waals surface area (Å²) >= 11 is 3.18. The van der Waals surface area contributed by atoms with Crippen LogP contribution in [0.2, 0.25) is 0 Å². The number of nitrogens with zero attached hydrogens (tertiary/aromatic N) is 1. The Morgan fingerprint density at radius 1 is 1.50 bits per heavy atom. The molecule has 2 nitrogen and oxygen atoms in total. The molecule has 0 aromatic heterocycles. The van der Waals surface area contributed by atoms with E-state index in [0.29, 0.717) is 16.6 Å².